The van der Waals surface area contributed by atoms with Crippen molar-refractivity contribution in [3.8, 4) is 0 Å². The number of sulfonamides is 1. The van der Waals surface area contributed by atoms with Gasteiger partial charge in [0, 0.05) is 19.1 Å². The lowest BCUT2D eigenvalue weighted by Crippen LogP contribution is -2.47. The second kappa shape index (κ2) is 9.31. The van der Waals surface area contributed by atoms with Gasteiger partial charge in [-0.05, 0) is 38.1 Å². The summed E-state index contributed by atoms with van der Waals surface area (Å²) in [6, 6.07) is 3.80. The van der Waals surface area contributed by atoms with Gasteiger partial charge in [0.2, 0.25) is 10.0 Å². The van der Waals surface area contributed by atoms with Gasteiger partial charge in [-0.1, -0.05) is 0 Å². The zero-order valence-electron chi connectivity index (χ0n) is 14.9. The normalized spacial score (nSPS) is 17.9. The van der Waals surface area contributed by atoms with Gasteiger partial charge in [-0.2, -0.15) is 4.31 Å². The minimum absolute atomic E-state index is 0. The summed E-state index contributed by atoms with van der Waals surface area (Å²) in [5.74, 6) is -1.46. The Labute approximate surface area is 159 Å². The van der Waals surface area contributed by atoms with Crippen LogP contribution in [0.1, 0.15) is 33.6 Å². The van der Waals surface area contributed by atoms with Gasteiger partial charge in [-0.3, -0.25) is 0 Å². The lowest BCUT2D eigenvalue weighted by molar-refractivity contribution is 0.0583. The number of nitrogens with one attached hydrogen (secondary N) is 1. The monoisotopic (exact) mass is 406 g/mol. The molecule has 0 aliphatic carbocycles. The van der Waals surface area contributed by atoms with E-state index < -0.39 is 22.0 Å². The molecule has 2 rings (SSSR count). The molecular weight excluding hydrogens is 384 g/mol. The lowest BCUT2D eigenvalue weighted by Gasteiger charge is -2.32. The number of hydrogen-bond acceptors (Lipinski definition) is 7. The molecule has 0 amide bonds. The Morgan fingerprint density at radius 1 is 1.19 bits per heavy atom. The lowest BCUT2D eigenvalue weighted by atomic mass is 10.1. The fourth-order valence-electron chi connectivity index (χ4n) is 2.79. The van der Waals surface area contributed by atoms with Crippen LogP contribution in [0.4, 0.5) is 0 Å². The van der Waals surface area contributed by atoms with Crippen molar-refractivity contribution >= 4 is 34.4 Å². The van der Waals surface area contributed by atoms with E-state index >= 15 is 0 Å². The van der Waals surface area contributed by atoms with Crippen LogP contribution in [0.3, 0.4) is 0 Å². The number of esters is 2. The first-order valence-corrected chi connectivity index (χ1v) is 9.27. The van der Waals surface area contributed by atoms with E-state index in [2.05, 4.69) is 14.8 Å². The quantitative estimate of drug-likeness (QED) is 0.729. The van der Waals surface area contributed by atoms with Gasteiger partial charge >= 0.3 is 11.9 Å². The van der Waals surface area contributed by atoms with Gasteiger partial charge in [-0.15, -0.1) is 12.4 Å². The number of rotatable bonds is 5. The fourth-order valence-corrected chi connectivity index (χ4v) is 4.52. The number of hydrogen-bond donors (Lipinski definition) is 1. The molecule has 1 aliphatic rings. The molecule has 1 aromatic carbocycles. The molecular formula is C16H23ClN2O6S. The summed E-state index contributed by atoms with van der Waals surface area (Å²) in [7, 11) is 0.179. The van der Waals surface area contributed by atoms with Gasteiger partial charge in [0.15, 0.2) is 0 Å². The maximum atomic E-state index is 13.1. The van der Waals surface area contributed by atoms with E-state index in [1.54, 1.807) is 7.05 Å². The summed E-state index contributed by atoms with van der Waals surface area (Å²) in [6.45, 7) is 0.644. The molecule has 1 heterocycles. The third kappa shape index (κ3) is 4.53. The Hall–Kier alpha value is -1.68. The standard InChI is InChI=1S/C16H22N2O6S.ClH/c1-17-12-5-4-8-18(10-12)25(21,22)14-9-11(15(19)23-2)6-7-13(14)16(20)24-3;/h6-7,9,12,17H,4-5,8,10H2,1-3H3;1H. The minimum atomic E-state index is -3.97. The highest BCUT2D eigenvalue weighted by molar-refractivity contribution is 7.89. The Morgan fingerprint density at radius 2 is 1.85 bits per heavy atom. The number of piperidine rings is 1. The van der Waals surface area contributed by atoms with Crippen LogP contribution in [0.25, 0.3) is 0 Å². The summed E-state index contributed by atoms with van der Waals surface area (Å²) in [5.41, 5.74) is -0.0577. The average Bonchev–Trinajstić information content (AvgIpc) is 2.66. The first-order chi connectivity index (χ1) is 11.8. The number of methoxy groups -OCH3 is 2. The summed E-state index contributed by atoms with van der Waals surface area (Å²) in [5, 5.41) is 3.07. The highest BCUT2D eigenvalue weighted by Crippen LogP contribution is 2.26. The molecule has 8 nitrogen and oxygen atoms in total. The molecule has 26 heavy (non-hydrogen) atoms. The Bertz CT molecular complexity index is 768. The van der Waals surface area contributed by atoms with Crippen LogP contribution in [0.15, 0.2) is 23.1 Å². The molecule has 0 bridgehead atoms. The average molecular weight is 407 g/mol. The smallest absolute Gasteiger partial charge is 0.339 e. The van der Waals surface area contributed by atoms with Gasteiger partial charge < -0.3 is 14.8 Å². The number of nitrogens with zero attached hydrogens (tertiary/aromatic N) is 1. The number of carbonyl (C=O) groups is 2. The van der Waals surface area contributed by atoms with Gasteiger partial charge in [0.1, 0.15) is 0 Å². The number of carbonyl (C=O) groups excluding carboxylic acids is 2. The SMILES string of the molecule is CNC1CCCN(S(=O)(=O)c2cc(C(=O)OC)ccc2C(=O)OC)C1.Cl. The minimum Gasteiger partial charge on any atom is -0.465 e. The molecule has 1 aliphatic heterocycles. The van der Waals surface area contributed by atoms with Crippen molar-refractivity contribution in [2.24, 2.45) is 0 Å². The molecule has 0 radical (unpaired) electrons. The van der Waals surface area contributed by atoms with Crippen LogP contribution in [-0.4, -0.2) is 65.1 Å². The first kappa shape index (κ1) is 22.4. The van der Waals surface area contributed by atoms with E-state index in [0.29, 0.717) is 19.5 Å². The number of benzene rings is 1. The van der Waals surface area contributed by atoms with Crippen LogP contribution in [0.5, 0.6) is 0 Å². The van der Waals surface area contributed by atoms with E-state index in [0.717, 1.165) is 12.5 Å². The highest BCUT2D eigenvalue weighted by Gasteiger charge is 2.33. The molecule has 1 saturated heterocycles. The maximum absolute atomic E-state index is 13.1. The van der Waals surface area contributed by atoms with Crippen LogP contribution >= 0.6 is 12.4 Å². The molecule has 1 fully saturated rings. The molecule has 146 valence electrons. The zero-order valence-corrected chi connectivity index (χ0v) is 16.5. The third-order valence-electron chi connectivity index (χ3n) is 4.22. The number of likely N-dealkylation sites (N-methyl/N-ethyl adjacent to an activating group) is 1. The van der Waals surface area contributed by atoms with Gasteiger partial charge in [-0.25, -0.2) is 18.0 Å². The van der Waals surface area contributed by atoms with Crippen LogP contribution in [0.2, 0.25) is 0 Å². The topological polar surface area (TPSA) is 102 Å². The van der Waals surface area contributed by atoms with E-state index in [1.165, 1.54) is 30.7 Å². The third-order valence-corrected chi connectivity index (χ3v) is 6.12. The largest absolute Gasteiger partial charge is 0.465 e. The van der Waals surface area contributed by atoms with Gasteiger partial charge in [0.25, 0.3) is 0 Å². The Balaban J connectivity index is 0.00000338. The van der Waals surface area contributed by atoms with Crippen molar-refractivity contribution in [2.75, 3.05) is 34.4 Å². The summed E-state index contributed by atoms with van der Waals surface area (Å²) < 4.78 is 36.8. The van der Waals surface area contributed by atoms with E-state index in [-0.39, 0.29) is 34.5 Å². The second-order valence-electron chi connectivity index (χ2n) is 5.68. The van der Waals surface area contributed by atoms with Crippen molar-refractivity contribution in [3.63, 3.8) is 0 Å². The maximum Gasteiger partial charge on any atom is 0.339 e. The predicted molar refractivity (Wildman–Crippen MR) is 97.2 cm³/mol. The molecule has 1 aromatic rings. The zero-order chi connectivity index (χ0) is 18.6. The van der Waals surface area contributed by atoms with Gasteiger partial charge in [0.05, 0.1) is 30.2 Å². The van der Waals surface area contributed by atoms with Crippen molar-refractivity contribution < 1.29 is 27.5 Å². The van der Waals surface area contributed by atoms with Crippen molar-refractivity contribution in [1.82, 2.24) is 9.62 Å². The highest BCUT2D eigenvalue weighted by atomic mass is 35.5. The summed E-state index contributed by atoms with van der Waals surface area (Å²) >= 11 is 0. The van der Waals surface area contributed by atoms with E-state index in [4.69, 9.17) is 0 Å². The van der Waals surface area contributed by atoms with Crippen LogP contribution in [-0.2, 0) is 19.5 Å². The molecule has 1 unspecified atom stereocenters. The molecule has 10 heteroatoms. The Kier molecular flexibility index (Phi) is 8.01. The van der Waals surface area contributed by atoms with Crippen LogP contribution < -0.4 is 5.32 Å². The first-order valence-electron chi connectivity index (χ1n) is 7.83. The number of halogens is 1. The predicted octanol–water partition coefficient (Wildman–Crippen LogP) is 1.05. The molecule has 0 spiro atoms. The van der Waals surface area contributed by atoms with E-state index in [9.17, 15) is 18.0 Å². The summed E-state index contributed by atoms with van der Waals surface area (Å²) in [4.78, 5) is 23.5. The van der Waals surface area contributed by atoms with E-state index in [1.807, 2.05) is 0 Å². The molecule has 0 saturated carbocycles. The molecule has 0 aromatic heterocycles. The fraction of sp³-hybridized carbons (Fsp3) is 0.500. The Morgan fingerprint density at radius 3 is 2.42 bits per heavy atom. The van der Waals surface area contributed by atoms with Crippen molar-refractivity contribution in [3.05, 3.63) is 29.3 Å². The number of ether oxygens (including phenoxy) is 2. The second-order valence-corrected chi connectivity index (χ2v) is 7.59. The molecule has 1 N–H and O–H groups in total. The molecule has 1 atom stereocenters. The summed E-state index contributed by atoms with van der Waals surface area (Å²) in [6.07, 6.45) is 1.57. The van der Waals surface area contributed by atoms with Crippen molar-refractivity contribution in [1.29, 1.82) is 0 Å². The van der Waals surface area contributed by atoms with Crippen molar-refractivity contribution in [2.45, 2.75) is 23.8 Å². The van der Waals surface area contributed by atoms with Crippen LogP contribution in [0, 0.1) is 0 Å².